The van der Waals surface area contributed by atoms with Crippen molar-refractivity contribution in [2.24, 2.45) is 0 Å². The fourth-order valence-electron chi connectivity index (χ4n) is 1.76. The molecule has 0 saturated carbocycles. The van der Waals surface area contributed by atoms with E-state index in [9.17, 15) is 4.79 Å². The van der Waals surface area contributed by atoms with Crippen LogP contribution in [0.3, 0.4) is 0 Å². The summed E-state index contributed by atoms with van der Waals surface area (Å²) in [6.07, 6.45) is -0.624. The van der Waals surface area contributed by atoms with Crippen LogP contribution in [0.4, 0.5) is 5.69 Å². The molecule has 3 nitrogen and oxygen atoms in total. The zero-order valence-corrected chi connectivity index (χ0v) is 13.2. The van der Waals surface area contributed by atoms with E-state index in [1.807, 2.05) is 31.2 Å². The van der Waals surface area contributed by atoms with Gasteiger partial charge in [-0.2, -0.15) is 0 Å². The lowest BCUT2D eigenvalue weighted by molar-refractivity contribution is -0.122. The fourth-order valence-corrected chi connectivity index (χ4v) is 2.06. The number of amides is 1. The number of rotatable bonds is 4. The molecule has 0 aromatic heterocycles. The third-order valence-electron chi connectivity index (χ3n) is 2.86. The van der Waals surface area contributed by atoms with Crippen LogP contribution >= 0.6 is 23.2 Å². The second-order valence-electron chi connectivity index (χ2n) is 4.69. The minimum Gasteiger partial charge on any atom is -0.481 e. The number of ether oxygens (including phenoxy) is 1. The number of aryl methyl sites for hydroxylation is 1. The van der Waals surface area contributed by atoms with Gasteiger partial charge in [0.15, 0.2) is 6.10 Å². The molecule has 1 unspecified atom stereocenters. The van der Waals surface area contributed by atoms with Gasteiger partial charge in [-0.15, -0.1) is 0 Å². The third-order valence-corrected chi connectivity index (χ3v) is 3.60. The van der Waals surface area contributed by atoms with Crippen molar-refractivity contribution in [2.45, 2.75) is 20.0 Å². The second-order valence-corrected chi connectivity index (χ2v) is 5.51. The molecule has 1 N–H and O–H groups in total. The van der Waals surface area contributed by atoms with E-state index in [1.165, 1.54) is 0 Å². The van der Waals surface area contributed by atoms with E-state index in [1.54, 1.807) is 25.1 Å². The Hall–Kier alpha value is -1.71. The number of carbonyl (C=O) groups excluding carboxylic acids is 1. The number of nitrogens with one attached hydrogen (secondary N) is 1. The molecular weight excluding hydrogens is 309 g/mol. The summed E-state index contributed by atoms with van der Waals surface area (Å²) in [5.74, 6) is 0.404. The molecule has 1 amide bonds. The van der Waals surface area contributed by atoms with Crippen LogP contribution in [0.1, 0.15) is 12.5 Å². The number of halogens is 2. The minimum atomic E-state index is -0.624. The van der Waals surface area contributed by atoms with E-state index in [0.29, 0.717) is 21.5 Å². The first-order valence-corrected chi connectivity index (χ1v) is 7.20. The Kier molecular flexibility index (Phi) is 5.10. The Bertz CT molecular complexity index is 658. The number of anilines is 1. The molecule has 0 radical (unpaired) electrons. The van der Waals surface area contributed by atoms with Crippen molar-refractivity contribution in [1.29, 1.82) is 0 Å². The Morgan fingerprint density at radius 3 is 2.57 bits per heavy atom. The Balaban J connectivity index is 2.00. The van der Waals surface area contributed by atoms with Gasteiger partial charge in [0.1, 0.15) is 5.75 Å². The lowest BCUT2D eigenvalue weighted by Crippen LogP contribution is -2.30. The van der Waals surface area contributed by atoms with Gasteiger partial charge in [-0.05, 0) is 49.7 Å². The average Bonchev–Trinajstić information content (AvgIpc) is 2.43. The van der Waals surface area contributed by atoms with E-state index in [-0.39, 0.29) is 5.91 Å². The predicted octanol–water partition coefficient (Wildman–Crippen LogP) is 4.71. The molecule has 0 spiro atoms. The molecule has 0 saturated heterocycles. The summed E-state index contributed by atoms with van der Waals surface area (Å²) >= 11 is 11.7. The third kappa shape index (κ3) is 4.38. The molecule has 21 heavy (non-hydrogen) atoms. The molecule has 0 aliphatic rings. The molecule has 2 rings (SSSR count). The van der Waals surface area contributed by atoms with E-state index < -0.39 is 6.10 Å². The highest BCUT2D eigenvalue weighted by atomic mass is 35.5. The quantitative estimate of drug-likeness (QED) is 0.885. The van der Waals surface area contributed by atoms with Crippen LogP contribution in [-0.2, 0) is 4.79 Å². The lowest BCUT2D eigenvalue weighted by Gasteiger charge is -2.15. The predicted molar refractivity (Wildman–Crippen MR) is 86.4 cm³/mol. The fraction of sp³-hybridized carbons (Fsp3) is 0.188. The molecule has 2 aromatic carbocycles. The number of carbonyl (C=O) groups is 1. The maximum absolute atomic E-state index is 12.1. The summed E-state index contributed by atoms with van der Waals surface area (Å²) < 4.78 is 5.61. The summed E-state index contributed by atoms with van der Waals surface area (Å²) in [6, 6.07) is 12.5. The van der Waals surface area contributed by atoms with Gasteiger partial charge in [0.05, 0.1) is 10.0 Å². The minimum absolute atomic E-state index is 0.255. The molecule has 0 fully saturated rings. The van der Waals surface area contributed by atoms with Gasteiger partial charge in [-0.25, -0.2) is 0 Å². The molecule has 2 aromatic rings. The standard InChI is InChI=1S/C16H15Cl2NO2/c1-10-4-3-5-13(8-10)21-11(2)16(20)19-12-6-7-14(17)15(18)9-12/h3-9,11H,1-2H3,(H,19,20). The largest absolute Gasteiger partial charge is 0.481 e. The maximum atomic E-state index is 12.1. The van der Waals surface area contributed by atoms with Crippen molar-refractivity contribution in [1.82, 2.24) is 0 Å². The van der Waals surface area contributed by atoms with Crippen LogP contribution in [-0.4, -0.2) is 12.0 Å². The van der Waals surface area contributed by atoms with Gasteiger partial charge in [-0.1, -0.05) is 35.3 Å². The normalized spacial score (nSPS) is 11.8. The molecule has 110 valence electrons. The van der Waals surface area contributed by atoms with Gasteiger partial charge < -0.3 is 10.1 Å². The first-order valence-electron chi connectivity index (χ1n) is 6.45. The SMILES string of the molecule is Cc1cccc(OC(C)C(=O)Nc2ccc(Cl)c(Cl)c2)c1. The highest BCUT2D eigenvalue weighted by Gasteiger charge is 2.15. The number of benzene rings is 2. The Labute approximate surface area is 133 Å². The molecule has 0 heterocycles. The van der Waals surface area contributed by atoms with Crippen molar-refractivity contribution >= 4 is 34.8 Å². The van der Waals surface area contributed by atoms with E-state index in [4.69, 9.17) is 27.9 Å². The smallest absolute Gasteiger partial charge is 0.265 e. The zero-order valence-electron chi connectivity index (χ0n) is 11.7. The van der Waals surface area contributed by atoms with Crippen molar-refractivity contribution in [3.63, 3.8) is 0 Å². The van der Waals surface area contributed by atoms with Crippen LogP contribution in [0.25, 0.3) is 0 Å². The van der Waals surface area contributed by atoms with Crippen molar-refractivity contribution in [3.8, 4) is 5.75 Å². The zero-order chi connectivity index (χ0) is 15.4. The molecule has 0 bridgehead atoms. The van der Waals surface area contributed by atoms with Crippen LogP contribution in [0, 0.1) is 6.92 Å². The molecule has 0 aliphatic heterocycles. The average molecular weight is 324 g/mol. The molecule has 0 aliphatic carbocycles. The maximum Gasteiger partial charge on any atom is 0.265 e. The summed E-state index contributed by atoms with van der Waals surface area (Å²) in [4.78, 5) is 12.1. The van der Waals surface area contributed by atoms with Crippen LogP contribution in [0.15, 0.2) is 42.5 Å². The van der Waals surface area contributed by atoms with Gasteiger partial charge >= 0.3 is 0 Å². The van der Waals surface area contributed by atoms with Gasteiger partial charge in [0, 0.05) is 5.69 Å². The summed E-state index contributed by atoms with van der Waals surface area (Å²) in [5.41, 5.74) is 1.65. The van der Waals surface area contributed by atoms with Crippen LogP contribution in [0.2, 0.25) is 10.0 Å². The summed E-state index contributed by atoms with van der Waals surface area (Å²) in [6.45, 7) is 3.66. The number of hydrogen-bond donors (Lipinski definition) is 1. The van der Waals surface area contributed by atoms with Gasteiger partial charge in [0.2, 0.25) is 0 Å². The van der Waals surface area contributed by atoms with E-state index in [0.717, 1.165) is 5.56 Å². The first-order chi connectivity index (χ1) is 9.95. The number of hydrogen-bond acceptors (Lipinski definition) is 2. The lowest BCUT2D eigenvalue weighted by atomic mass is 10.2. The molecular formula is C16H15Cl2NO2. The van der Waals surface area contributed by atoms with Gasteiger partial charge in [0.25, 0.3) is 5.91 Å². The van der Waals surface area contributed by atoms with Crippen molar-refractivity contribution in [3.05, 3.63) is 58.1 Å². The van der Waals surface area contributed by atoms with Crippen molar-refractivity contribution in [2.75, 3.05) is 5.32 Å². The molecule has 1 atom stereocenters. The Morgan fingerprint density at radius 2 is 1.90 bits per heavy atom. The second kappa shape index (κ2) is 6.83. The topological polar surface area (TPSA) is 38.3 Å². The van der Waals surface area contributed by atoms with Gasteiger partial charge in [-0.3, -0.25) is 4.79 Å². The Morgan fingerprint density at radius 1 is 1.14 bits per heavy atom. The van der Waals surface area contributed by atoms with Crippen LogP contribution < -0.4 is 10.1 Å². The summed E-state index contributed by atoms with van der Waals surface area (Å²) in [5, 5.41) is 3.57. The van der Waals surface area contributed by atoms with Crippen LogP contribution in [0.5, 0.6) is 5.75 Å². The van der Waals surface area contributed by atoms with E-state index >= 15 is 0 Å². The highest BCUT2D eigenvalue weighted by molar-refractivity contribution is 6.42. The highest BCUT2D eigenvalue weighted by Crippen LogP contribution is 2.25. The van der Waals surface area contributed by atoms with Crippen molar-refractivity contribution < 1.29 is 9.53 Å². The molecule has 5 heteroatoms. The summed E-state index contributed by atoms with van der Waals surface area (Å²) in [7, 11) is 0. The monoisotopic (exact) mass is 323 g/mol. The van der Waals surface area contributed by atoms with E-state index in [2.05, 4.69) is 5.32 Å². The first kappa shape index (κ1) is 15.7.